The maximum Gasteiger partial charge on any atom is 0.220 e. The lowest BCUT2D eigenvalue weighted by molar-refractivity contribution is 0.522. The van der Waals surface area contributed by atoms with Crippen LogP contribution in [0.5, 0.6) is 0 Å². The van der Waals surface area contributed by atoms with Gasteiger partial charge >= 0.3 is 0 Å². The lowest BCUT2D eigenvalue weighted by Crippen LogP contribution is -2.07. The monoisotopic (exact) mass is 323 g/mol. The average molecular weight is 323 g/mol. The van der Waals surface area contributed by atoms with Gasteiger partial charge in [-0.3, -0.25) is 0 Å². The molecule has 1 aliphatic rings. The van der Waals surface area contributed by atoms with Gasteiger partial charge in [-0.2, -0.15) is 0 Å². The number of nitrogen functional groups attached to an aromatic ring is 1. The van der Waals surface area contributed by atoms with Crippen molar-refractivity contribution in [1.82, 2.24) is 19.5 Å². The molecule has 2 N–H and O–H groups in total. The molecule has 0 radical (unpaired) electrons. The number of halogens is 1. The first-order valence-corrected chi connectivity index (χ1v) is 8.14. The summed E-state index contributed by atoms with van der Waals surface area (Å²) in [7, 11) is 0. The summed E-state index contributed by atoms with van der Waals surface area (Å²) in [6, 6.07) is 8.63. The van der Waals surface area contributed by atoms with Crippen LogP contribution in [0.25, 0.3) is 22.6 Å². The summed E-state index contributed by atoms with van der Waals surface area (Å²) in [5.74, 6) is -0.0291. The molecule has 0 atom stereocenters. The highest BCUT2D eigenvalue weighted by Crippen LogP contribution is 2.37. The third-order valence-electron chi connectivity index (χ3n) is 4.55. The number of imidazole rings is 1. The van der Waals surface area contributed by atoms with Gasteiger partial charge in [-0.25, -0.2) is 19.3 Å². The van der Waals surface area contributed by atoms with Crippen LogP contribution in [0, 0.1) is 5.82 Å². The van der Waals surface area contributed by atoms with E-state index < -0.39 is 0 Å². The summed E-state index contributed by atoms with van der Waals surface area (Å²) in [6.07, 6.45) is 8.22. The second-order valence-electron chi connectivity index (χ2n) is 6.09. The average Bonchev–Trinajstić information content (AvgIpc) is 3.25. The highest BCUT2D eigenvalue weighted by atomic mass is 19.1. The molecule has 0 spiro atoms. The Bertz CT molecular complexity index is 850. The van der Waals surface area contributed by atoms with Crippen molar-refractivity contribution in [3.05, 3.63) is 48.7 Å². The number of aromatic nitrogens is 4. The van der Waals surface area contributed by atoms with Crippen LogP contribution >= 0.6 is 0 Å². The Kier molecular flexibility index (Phi) is 3.72. The van der Waals surface area contributed by atoms with Crippen LogP contribution in [0.2, 0.25) is 0 Å². The second-order valence-corrected chi connectivity index (χ2v) is 6.09. The number of rotatable bonds is 3. The zero-order chi connectivity index (χ0) is 16.5. The third kappa shape index (κ3) is 2.64. The molecule has 24 heavy (non-hydrogen) atoms. The van der Waals surface area contributed by atoms with E-state index in [1.54, 1.807) is 18.3 Å². The summed E-state index contributed by atoms with van der Waals surface area (Å²) in [5, 5.41) is 0. The molecule has 0 aliphatic heterocycles. The largest absolute Gasteiger partial charge is 0.368 e. The summed E-state index contributed by atoms with van der Waals surface area (Å²) in [6.45, 7) is 0. The highest BCUT2D eigenvalue weighted by Gasteiger charge is 2.24. The SMILES string of the molecule is Nc1nccc(-c2c(-c3ccc(F)cc3)ncn2C2CCCC2)n1. The number of anilines is 1. The van der Waals surface area contributed by atoms with Gasteiger partial charge in [-0.05, 0) is 43.2 Å². The Hall–Kier alpha value is -2.76. The molecule has 0 amide bonds. The fourth-order valence-corrected chi connectivity index (χ4v) is 3.40. The van der Waals surface area contributed by atoms with Crippen LogP contribution in [0.4, 0.5) is 10.3 Å². The van der Waals surface area contributed by atoms with Gasteiger partial charge in [-0.1, -0.05) is 12.8 Å². The van der Waals surface area contributed by atoms with E-state index in [0.29, 0.717) is 6.04 Å². The lowest BCUT2D eigenvalue weighted by atomic mass is 10.1. The molecule has 0 unspecified atom stereocenters. The van der Waals surface area contributed by atoms with E-state index in [4.69, 9.17) is 5.73 Å². The van der Waals surface area contributed by atoms with E-state index in [1.807, 2.05) is 12.4 Å². The van der Waals surface area contributed by atoms with Crippen molar-refractivity contribution in [3.8, 4) is 22.6 Å². The molecule has 2 heterocycles. The maximum atomic E-state index is 13.3. The minimum atomic E-state index is -0.262. The van der Waals surface area contributed by atoms with E-state index >= 15 is 0 Å². The first-order chi connectivity index (χ1) is 11.7. The topological polar surface area (TPSA) is 69.6 Å². The van der Waals surface area contributed by atoms with Gasteiger partial charge in [0.05, 0.1) is 23.4 Å². The smallest absolute Gasteiger partial charge is 0.220 e. The van der Waals surface area contributed by atoms with Gasteiger partial charge in [0.1, 0.15) is 5.82 Å². The van der Waals surface area contributed by atoms with Crippen molar-refractivity contribution < 1.29 is 4.39 Å². The quantitative estimate of drug-likeness (QED) is 0.795. The van der Waals surface area contributed by atoms with Gasteiger partial charge < -0.3 is 10.3 Å². The normalized spacial score (nSPS) is 15.0. The fraction of sp³-hybridized carbons (Fsp3) is 0.278. The van der Waals surface area contributed by atoms with E-state index in [2.05, 4.69) is 19.5 Å². The Morgan fingerprint density at radius 2 is 1.79 bits per heavy atom. The minimum absolute atomic E-state index is 0.233. The van der Waals surface area contributed by atoms with Crippen molar-refractivity contribution in [1.29, 1.82) is 0 Å². The van der Waals surface area contributed by atoms with Gasteiger partial charge in [0, 0.05) is 17.8 Å². The molecule has 1 aromatic carbocycles. The second kappa shape index (κ2) is 6.03. The molecule has 3 aromatic rings. The van der Waals surface area contributed by atoms with Crippen LogP contribution in [0.3, 0.4) is 0 Å². The number of benzene rings is 1. The van der Waals surface area contributed by atoms with Crippen LogP contribution in [-0.4, -0.2) is 19.5 Å². The maximum absolute atomic E-state index is 13.3. The van der Waals surface area contributed by atoms with Crippen LogP contribution < -0.4 is 5.73 Å². The molecule has 1 fully saturated rings. The molecule has 0 saturated heterocycles. The molecular weight excluding hydrogens is 305 g/mol. The Balaban J connectivity index is 1.89. The summed E-state index contributed by atoms with van der Waals surface area (Å²) in [4.78, 5) is 13.0. The minimum Gasteiger partial charge on any atom is -0.368 e. The Labute approximate surface area is 139 Å². The van der Waals surface area contributed by atoms with Crippen LogP contribution in [0.1, 0.15) is 31.7 Å². The molecule has 122 valence electrons. The molecule has 6 heteroatoms. The van der Waals surface area contributed by atoms with Gasteiger partial charge in [0.2, 0.25) is 5.95 Å². The highest BCUT2D eigenvalue weighted by molar-refractivity contribution is 5.77. The van der Waals surface area contributed by atoms with E-state index in [1.165, 1.54) is 25.0 Å². The van der Waals surface area contributed by atoms with Gasteiger partial charge in [-0.15, -0.1) is 0 Å². The number of hydrogen-bond donors (Lipinski definition) is 1. The van der Waals surface area contributed by atoms with Crippen molar-refractivity contribution in [2.24, 2.45) is 0 Å². The summed E-state index contributed by atoms with van der Waals surface area (Å²) >= 11 is 0. The Morgan fingerprint density at radius 1 is 1.04 bits per heavy atom. The molecule has 0 bridgehead atoms. The molecule has 1 aliphatic carbocycles. The molecule has 4 rings (SSSR count). The zero-order valence-corrected chi connectivity index (χ0v) is 13.2. The predicted molar refractivity (Wildman–Crippen MR) is 90.6 cm³/mol. The van der Waals surface area contributed by atoms with Crippen molar-refractivity contribution in [3.63, 3.8) is 0 Å². The van der Waals surface area contributed by atoms with E-state index in [-0.39, 0.29) is 11.8 Å². The first kappa shape index (κ1) is 14.8. The molecule has 5 nitrogen and oxygen atoms in total. The number of hydrogen-bond acceptors (Lipinski definition) is 4. The summed E-state index contributed by atoms with van der Waals surface area (Å²) < 4.78 is 15.5. The van der Waals surface area contributed by atoms with Crippen molar-refractivity contribution in [2.45, 2.75) is 31.7 Å². The standard InChI is InChI=1S/C18H18FN5/c19-13-7-5-12(6-8-13)16-17(15-9-10-21-18(20)23-15)24(11-22-16)14-3-1-2-4-14/h5-11,14H,1-4H2,(H2,20,21,23). The predicted octanol–water partition coefficient (Wildman–Crippen LogP) is 3.84. The van der Waals surface area contributed by atoms with Crippen molar-refractivity contribution in [2.75, 3.05) is 5.73 Å². The molecule has 2 aromatic heterocycles. The third-order valence-corrected chi connectivity index (χ3v) is 4.55. The lowest BCUT2D eigenvalue weighted by Gasteiger charge is -2.16. The molecule has 1 saturated carbocycles. The zero-order valence-electron chi connectivity index (χ0n) is 13.2. The molecular formula is C18H18FN5. The number of nitrogens with two attached hydrogens (primary N) is 1. The van der Waals surface area contributed by atoms with Gasteiger partial charge in [0.25, 0.3) is 0 Å². The fourth-order valence-electron chi connectivity index (χ4n) is 3.40. The van der Waals surface area contributed by atoms with Crippen LogP contribution in [-0.2, 0) is 0 Å². The summed E-state index contributed by atoms with van der Waals surface area (Å²) in [5.41, 5.74) is 9.09. The van der Waals surface area contributed by atoms with Crippen LogP contribution in [0.15, 0.2) is 42.9 Å². The number of nitrogens with zero attached hydrogens (tertiary/aromatic N) is 4. The van der Waals surface area contributed by atoms with E-state index in [9.17, 15) is 4.39 Å². The van der Waals surface area contributed by atoms with Gasteiger partial charge in [0.15, 0.2) is 0 Å². The van der Waals surface area contributed by atoms with Crippen molar-refractivity contribution >= 4 is 5.95 Å². The first-order valence-electron chi connectivity index (χ1n) is 8.14. The Morgan fingerprint density at radius 3 is 2.50 bits per heavy atom. The van der Waals surface area contributed by atoms with E-state index in [0.717, 1.165) is 35.5 Å².